The summed E-state index contributed by atoms with van der Waals surface area (Å²) in [6.07, 6.45) is 0. The van der Waals surface area contributed by atoms with Gasteiger partial charge in [-0.05, 0) is 6.07 Å². The van der Waals surface area contributed by atoms with Crippen LogP contribution in [0, 0.1) is 10.1 Å². The van der Waals surface area contributed by atoms with E-state index in [9.17, 15) is 20.0 Å². The summed E-state index contributed by atoms with van der Waals surface area (Å²) in [7, 11) is -4.83. The third kappa shape index (κ3) is 2.50. The maximum atomic E-state index is 11.2. The number of benzene rings is 1. The predicted molar refractivity (Wildman–Crippen MR) is 52.7 cm³/mol. The van der Waals surface area contributed by atoms with Crippen molar-refractivity contribution in [1.82, 2.24) is 0 Å². The maximum Gasteiger partial charge on any atom is 0.484 e. The summed E-state index contributed by atoms with van der Waals surface area (Å²) in [6, 6.07) is 2.43. The van der Waals surface area contributed by atoms with Crippen LogP contribution in [0.15, 0.2) is 18.2 Å². The summed E-state index contributed by atoms with van der Waals surface area (Å²) < 4.78 is 0. The molecule has 0 saturated carbocycles. The average molecular weight is 248 g/mol. The van der Waals surface area contributed by atoms with Crippen LogP contribution in [0.4, 0.5) is 5.69 Å². The monoisotopic (exact) mass is 248 g/mol. The number of nitro groups is 1. The minimum absolute atomic E-state index is 0.519. The Morgan fingerprint density at radius 1 is 1.31 bits per heavy atom. The highest BCUT2D eigenvalue weighted by Crippen LogP contribution is 2.49. The lowest BCUT2D eigenvalue weighted by Crippen LogP contribution is -2.06. The molecular weight excluding hydrogens is 241 g/mol. The summed E-state index contributed by atoms with van der Waals surface area (Å²) in [4.78, 5) is 46.8. The van der Waals surface area contributed by atoms with Crippen LogP contribution < -0.4 is 0 Å². The number of aromatic hydroxyl groups is 1. The van der Waals surface area contributed by atoms with Gasteiger partial charge in [-0.1, -0.05) is 0 Å². The van der Waals surface area contributed by atoms with Gasteiger partial charge in [-0.15, -0.1) is 0 Å². The van der Waals surface area contributed by atoms with Crippen LogP contribution in [0.5, 0.6) is 5.75 Å². The number of carbonyl (C=O) groups excluding carboxylic acids is 1. The molecule has 0 fully saturated rings. The van der Waals surface area contributed by atoms with Crippen molar-refractivity contribution in [2.45, 2.75) is 0 Å². The van der Waals surface area contributed by atoms with Crippen LogP contribution >= 0.6 is 7.94 Å². The number of carbonyl (C=O) groups is 1. The lowest BCUT2D eigenvalue weighted by atomic mass is 10.2. The number of nitrogens with zero attached hydrogens (tertiary/aromatic N) is 1. The van der Waals surface area contributed by atoms with Crippen molar-refractivity contribution in [1.29, 1.82) is 0 Å². The minimum atomic E-state index is -4.83. The van der Waals surface area contributed by atoms with Gasteiger partial charge in [0.25, 0.3) is 5.69 Å². The molecule has 9 heteroatoms. The van der Waals surface area contributed by atoms with Gasteiger partial charge in [-0.3, -0.25) is 10.1 Å². The molecule has 4 N–H and O–H groups in total. The second kappa shape index (κ2) is 4.11. The van der Waals surface area contributed by atoms with Gasteiger partial charge < -0.3 is 5.11 Å². The molecule has 1 rings (SSSR count). The molecule has 8 nitrogen and oxygen atoms in total. The van der Waals surface area contributed by atoms with Crippen LogP contribution in [0.3, 0.4) is 0 Å². The Bertz CT molecular complexity index is 453. The Hall–Kier alpha value is -1.60. The molecule has 0 saturated heterocycles. The summed E-state index contributed by atoms with van der Waals surface area (Å²) in [5.41, 5.74) is -2.78. The normalized spacial score (nSPS) is 11.2. The molecular formula is C7H7NO7P+. The molecule has 0 radical (unpaired) electrons. The van der Waals surface area contributed by atoms with Gasteiger partial charge in [0.2, 0.25) is 0 Å². The molecule has 0 aliphatic carbocycles. The van der Waals surface area contributed by atoms with Gasteiger partial charge >= 0.3 is 13.5 Å². The Morgan fingerprint density at radius 2 is 1.88 bits per heavy atom. The van der Waals surface area contributed by atoms with E-state index in [0.29, 0.717) is 6.07 Å². The molecule has 1 aromatic rings. The van der Waals surface area contributed by atoms with Gasteiger partial charge in [0.1, 0.15) is 11.3 Å². The van der Waals surface area contributed by atoms with Gasteiger partial charge in [0.15, 0.2) is 0 Å². The van der Waals surface area contributed by atoms with Gasteiger partial charge in [0.05, 0.1) is 4.92 Å². The number of phenols is 1. The largest absolute Gasteiger partial charge is 0.507 e. The fourth-order valence-corrected chi connectivity index (χ4v) is 1.47. The zero-order valence-electron chi connectivity index (χ0n) is 7.64. The smallest absolute Gasteiger partial charge is 0.484 e. The fraction of sp³-hybridized carbons (Fsp3) is 0. The summed E-state index contributed by atoms with van der Waals surface area (Å²) in [6.45, 7) is 0. The lowest BCUT2D eigenvalue weighted by Gasteiger charge is -2.03. The zero-order chi connectivity index (χ0) is 12.5. The van der Waals surface area contributed by atoms with Crippen LogP contribution in [0.1, 0.15) is 10.4 Å². The highest BCUT2D eigenvalue weighted by Gasteiger charge is 2.45. The van der Waals surface area contributed by atoms with Crippen molar-refractivity contribution >= 4 is 19.2 Å². The predicted octanol–water partition coefficient (Wildman–Crippen LogP) is 0.180. The van der Waals surface area contributed by atoms with E-state index in [2.05, 4.69) is 0 Å². The van der Waals surface area contributed by atoms with Crippen molar-refractivity contribution in [3.05, 3.63) is 33.9 Å². The summed E-state index contributed by atoms with van der Waals surface area (Å²) in [5, 5.41) is 19.6. The standard InChI is InChI=1S/C7H6NO7P/c9-6-2-1-4(8(11)12)3-5(6)7(10)16(13,14)15/h1-3,13-15H/p+1. The maximum absolute atomic E-state index is 11.2. The van der Waals surface area contributed by atoms with Crippen molar-refractivity contribution in [3.63, 3.8) is 0 Å². The SMILES string of the molecule is O=C(c1cc([N+](=O)[O-])ccc1O)[P+](O)(O)O. The van der Waals surface area contributed by atoms with E-state index in [1.165, 1.54) is 0 Å². The number of nitro benzene ring substituents is 1. The van der Waals surface area contributed by atoms with Gasteiger partial charge in [0, 0.05) is 12.1 Å². The zero-order valence-corrected chi connectivity index (χ0v) is 8.53. The first kappa shape index (κ1) is 12.5. The molecule has 0 atom stereocenters. The number of rotatable bonds is 3. The number of phenolic OH excluding ortho intramolecular Hbond substituents is 1. The quantitative estimate of drug-likeness (QED) is 0.339. The highest BCUT2D eigenvalue weighted by molar-refractivity contribution is 7.76. The van der Waals surface area contributed by atoms with E-state index in [1.54, 1.807) is 0 Å². The van der Waals surface area contributed by atoms with Crippen molar-refractivity contribution < 1.29 is 29.5 Å². The molecule has 0 unspecified atom stereocenters. The first-order chi connectivity index (χ1) is 7.23. The molecule has 0 aliphatic rings. The first-order valence-corrected chi connectivity index (χ1v) is 5.48. The molecule has 0 aromatic heterocycles. The van der Waals surface area contributed by atoms with Crippen LogP contribution in [-0.2, 0) is 0 Å². The minimum Gasteiger partial charge on any atom is -0.507 e. The van der Waals surface area contributed by atoms with Gasteiger partial charge in [-0.25, -0.2) is 4.79 Å². The van der Waals surface area contributed by atoms with Crippen molar-refractivity contribution in [2.24, 2.45) is 0 Å². The number of hydrogen-bond acceptors (Lipinski definition) is 7. The van der Waals surface area contributed by atoms with E-state index in [-0.39, 0.29) is 0 Å². The molecule has 86 valence electrons. The van der Waals surface area contributed by atoms with E-state index >= 15 is 0 Å². The van der Waals surface area contributed by atoms with E-state index in [0.717, 1.165) is 12.1 Å². The van der Waals surface area contributed by atoms with Crippen LogP contribution in [-0.4, -0.2) is 30.2 Å². The topological polar surface area (TPSA) is 141 Å². The number of hydrogen-bond donors (Lipinski definition) is 4. The van der Waals surface area contributed by atoms with Crippen LogP contribution in [0.25, 0.3) is 0 Å². The summed E-state index contributed by atoms with van der Waals surface area (Å²) >= 11 is 0. The Balaban J connectivity index is 3.28. The Morgan fingerprint density at radius 3 is 2.31 bits per heavy atom. The first-order valence-electron chi connectivity index (χ1n) is 3.83. The lowest BCUT2D eigenvalue weighted by molar-refractivity contribution is -0.384. The molecule has 0 heterocycles. The second-order valence-electron chi connectivity index (χ2n) is 2.83. The highest BCUT2D eigenvalue weighted by atomic mass is 31.2. The number of non-ortho nitro benzene ring substituents is 1. The molecule has 0 bridgehead atoms. The Labute approximate surface area is 89.1 Å². The fourth-order valence-electron chi connectivity index (χ4n) is 0.970. The molecule has 1 aromatic carbocycles. The van der Waals surface area contributed by atoms with E-state index in [1.807, 2.05) is 0 Å². The van der Waals surface area contributed by atoms with Crippen molar-refractivity contribution in [2.75, 3.05) is 0 Å². The molecule has 0 aliphatic heterocycles. The average Bonchev–Trinajstić information content (AvgIpc) is 2.15. The second-order valence-corrected chi connectivity index (χ2v) is 4.37. The Kier molecular flexibility index (Phi) is 3.20. The molecule has 16 heavy (non-hydrogen) atoms. The molecule has 0 spiro atoms. The van der Waals surface area contributed by atoms with E-state index in [4.69, 9.17) is 14.7 Å². The molecule has 0 amide bonds. The van der Waals surface area contributed by atoms with Gasteiger partial charge in [-0.2, -0.15) is 14.7 Å². The van der Waals surface area contributed by atoms with Crippen molar-refractivity contribution in [3.8, 4) is 5.75 Å². The van der Waals surface area contributed by atoms with Crippen LogP contribution in [0.2, 0.25) is 0 Å². The third-order valence-corrected chi connectivity index (χ3v) is 2.48. The third-order valence-electron chi connectivity index (χ3n) is 1.69. The summed E-state index contributed by atoms with van der Waals surface area (Å²) in [5.74, 6) is -0.683. The van der Waals surface area contributed by atoms with E-state index < -0.39 is 35.4 Å².